The van der Waals surface area contributed by atoms with Crippen LogP contribution in [0.2, 0.25) is 0 Å². The number of benzene rings is 1. The number of hydrogen-bond acceptors (Lipinski definition) is 0. The second kappa shape index (κ2) is 3.28. The SMILES string of the molecule is B.Cc1ccccc1F. The molecule has 0 aromatic heterocycles. The molecule has 0 amide bonds. The van der Waals surface area contributed by atoms with Crippen LogP contribution in [0.1, 0.15) is 5.56 Å². The van der Waals surface area contributed by atoms with Crippen LogP contribution in [0.3, 0.4) is 0 Å². The molecule has 0 aliphatic heterocycles. The van der Waals surface area contributed by atoms with Crippen LogP contribution in [0, 0.1) is 12.7 Å². The van der Waals surface area contributed by atoms with Gasteiger partial charge in [-0.2, -0.15) is 0 Å². The van der Waals surface area contributed by atoms with Crippen molar-refractivity contribution in [2.45, 2.75) is 6.92 Å². The normalized spacial score (nSPS) is 8.22. The highest BCUT2D eigenvalue weighted by atomic mass is 19.1. The average Bonchev–Trinajstić information content (AvgIpc) is 1.77. The van der Waals surface area contributed by atoms with Crippen molar-refractivity contribution in [1.82, 2.24) is 0 Å². The Morgan fingerprint density at radius 1 is 1.22 bits per heavy atom. The highest BCUT2D eigenvalue weighted by Crippen LogP contribution is 2.01. The molecule has 0 aliphatic carbocycles. The van der Waals surface area contributed by atoms with Gasteiger partial charge in [-0.15, -0.1) is 0 Å². The third-order valence-corrected chi connectivity index (χ3v) is 1.08. The van der Waals surface area contributed by atoms with Gasteiger partial charge in [-0.3, -0.25) is 0 Å². The summed E-state index contributed by atoms with van der Waals surface area (Å²) >= 11 is 0. The maximum atomic E-state index is 12.3. The van der Waals surface area contributed by atoms with Gasteiger partial charge < -0.3 is 0 Å². The van der Waals surface area contributed by atoms with Crippen LogP contribution in [-0.2, 0) is 0 Å². The first kappa shape index (κ1) is 8.21. The van der Waals surface area contributed by atoms with Crippen molar-refractivity contribution in [2.75, 3.05) is 0 Å². The zero-order chi connectivity index (χ0) is 5.98. The van der Waals surface area contributed by atoms with Crippen LogP contribution in [0.4, 0.5) is 4.39 Å². The maximum absolute atomic E-state index is 12.3. The monoisotopic (exact) mass is 124 g/mol. The van der Waals surface area contributed by atoms with E-state index >= 15 is 0 Å². The molecule has 0 fully saturated rings. The molecule has 0 nitrogen and oxygen atoms in total. The first-order valence-corrected chi connectivity index (χ1v) is 2.52. The molecule has 0 spiro atoms. The van der Waals surface area contributed by atoms with E-state index in [1.165, 1.54) is 6.07 Å². The van der Waals surface area contributed by atoms with Gasteiger partial charge in [-0.05, 0) is 18.6 Å². The minimum Gasteiger partial charge on any atom is -0.207 e. The largest absolute Gasteiger partial charge is 0.207 e. The number of aryl methyl sites for hydroxylation is 1. The molecule has 0 atom stereocenters. The van der Waals surface area contributed by atoms with Crippen molar-refractivity contribution < 1.29 is 4.39 Å². The zero-order valence-electron chi connectivity index (χ0n) is 4.69. The predicted octanol–water partition coefficient (Wildman–Crippen LogP) is 0.950. The average molecular weight is 124 g/mol. The molecule has 0 unspecified atom stereocenters. The first-order chi connectivity index (χ1) is 3.80. The Kier molecular flexibility index (Phi) is 3.00. The van der Waals surface area contributed by atoms with Crippen LogP contribution < -0.4 is 0 Å². The number of halogens is 1. The first-order valence-electron chi connectivity index (χ1n) is 2.52. The predicted molar refractivity (Wildman–Crippen MR) is 41.1 cm³/mol. The maximum Gasteiger partial charge on any atom is 0.126 e. The number of hydrogen-bond donors (Lipinski definition) is 0. The quantitative estimate of drug-likeness (QED) is 0.451. The molecule has 0 saturated carbocycles. The lowest BCUT2D eigenvalue weighted by atomic mass is 10.2. The molecule has 9 heavy (non-hydrogen) atoms. The smallest absolute Gasteiger partial charge is 0.126 e. The van der Waals surface area contributed by atoms with E-state index in [-0.39, 0.29) is 14.2 Å². The van der Waals surface area contributed by atoms with Crippen molar-refractivity contribution in [3.63, 3.8) is 0 Å². The summed E-state index contributed by atoms with van der Waals surface area (Å²) in [6.07, 6.45) is 0. The van der Waals surface area contributed by atoms with E-state index < -0.39 is 0 Å². The van der Waals surface area contributed by atoms with Gasteiger partial charge in [0.05, 0.1) is 8.41 Å². The molecule has 1 rings (SSSR count). The summed E-state index contributed by atoms with van der Waals surface area (Å²) in [4.78, 5) is 0. The Hall–Kier alpha value is -0.785. The second-order valence-electron chi connectivity index (χ2n) is 1.75. The molecule has 0 N–H and O–H groups in total. The van der Waals surface area contributed by atoms with Crippen molar-refractivity contribution in [1.29, 1.82) is 0 Å². The van der Waals surface area contributed by atoms with Crippen molar-refractivity contribution in [2.24, 2.45) is 0 Å². The van der Waals surface area contributed by atoms with Gasteiger partial charge in [-0.1, -0.05) is 18.2 Å². The van der Waals surface area contributed by atoms with E-state index in [4.69, 9.17) is 0 Å². The van der Waals surface area contributed by atoms with Gasteiger partial charge in [0, 0.05) is 0 Å². The summed E-state index contributed by atoms with van der Waals surface area (Å²) in [6, 6.07) is 6.70. The number of rotatable bonds is 0. The van der Waals surface area contributed by atoms with E-state index in [1.807, 2.05) is 6.07 Å². The van der Waals surface area contributed by atoms with Gasteiger partial charge in [0.1, 0.15) is 5.82 Å². The molecule has 0 heterocycles. The standard InChI is InChI=1S/C7H7F.BH3/c1-6-4-2-3-5-7(6)8;/h2-5H,1H3;1H3. The van der Waals surface area contributed by atoms with Gasteiger partial charge in [0.25, 0.3) is 0 Å². The Bertz CT molecular complexity index is 165. The van der Waals surface area contributed by atoms with Crippen LogP contribution in [0.15, 0.2) is 24.3 Å². The molecular weight excluding hydrogens is 114 g/mol. The molecule has 2 heteroatoms. The fourth-order valence-corrected chi connectivity index (χ4v) is 0.551. The van der Waals surface area contributed by atoms with Crippen LogP contribution in [-0.4, -0.2) is 8.41 Å². The highest BCUT2D eigenvalue weighted by Gasteiger charge is 1.88. The molecule has 0 radical (unpaired) electrons. The molecular formula is C7H10BF. The Labute approximate surface area is 56.3 Å². The molecule has 0 aliphatic rings. The Balaban J connectivity index is 0.000000640. The topological polar surface area (TPSA) is 0 Å². The minimum atomic E-state index is -0.132. The van der Waals surface area contributed by atoms with Gasteiger partial charge >= 0.3 is 0 Å². The van der Waals surface area contributed by atoms with Crippen LogP contribution in [0.5, 0.6) is 0 Å². The van der Waals surface area contributed by atoms with Gasteiger partial charge in [-0.25, -0.2) is 4.39 Å². The lowest BCUT2D eigenvalue weighted by Crippen LogP contribution is -1.76. The van der Waals surface area contributed by atoms with E-state index in [9.17, 15) is 4.39 Å². The van der Waals surface area contributed by atoms with Crippen LogP contribution >= 0.6 is 0 Å². The molecule has 0 bridgehead atoms. The lowest BCUT2D eigenvalue weighted by molar-refractivity contribution is 0.618. The molecule has 1 aromatic carbocycles. The third-order valence-electron chi connectivity index (χ3n) is 1.08. The lowest BCUT2D eigenvalue weighted by Gasteiger charge is -1.89. The Morgan fingerprint density at radius 2 is 1.78 bits per heavy atom. The summed E-state index contributed by atoms with van der Waals surface area (Å²) in [5.74, 6) is -0.132. The van der Waals surface area contributed by atoms with Crippen LogP contribution in [0.25, 0.3) is 0 Å². The van der Waals surface area contributed by atoms with E-state index in [0.29, 0.717) is 5.56 Å². The fourth-order valence-electron chi connectivity index (χ4n) is 0.551. The van der Waals surface area contributed by atoms with E-state index in [0.717, 1.165) is 0 Å². The second-order valence-corrected chi connectivity index (χ2v) is 1.75. The molecule has 0 saturated heterocycles. The summed E-state index contributed by atoms with van der Waals surface area (Å²) in [7, 11) is 0. The van der Waals surface area contributed by atoms with Gasteiger partial charge in [0.2, 0.25) is 0 Å². The van der Waals surface area contributed by atoms with E-state index in [2.05, 4.69) is 0 Å². The summed E-state index contributed by atoms with van der Waals surface area (Å²) < 4.78 is 12.3. The van der Waals surface area contributed by atoms with Crippen molar-refractivity contribution in [3.05, 3.63) is 35.6 Å². The minimum absolute atomic E-state index is 0. The summed E-state index contributed by atoms with van der Waals surface area (Å²) in [5, 5.41) is 0. The highest BCUT2D eigenvalue weighted by molar-refractivity contribution is 5.75. The van der Waals surface area contributed by atoms with Crippen molar-refractivity contribution >= 4 is 8.41 Å². The molecule has 1 aromatic rings. The third kappa shape index (κ3) is 1.88. The van der Waals surface area contributed by atoms with Gasteiger partial charge in [0.15, 0.2) is 0 Å². The van der Waals surface area contributed by atoms with Crippen molar-refractivity contribution in [3.8, 4) is 0 Å². The molecule has 48 valence electrons. The Morgan fingerprint density at radius 3 is 2.11 bits per heavy atom. The zero-order valence-corrected chi connectivity index (χ0v) is 4.69. The van der Waals surface area contributed by atoms with E-state index in [1.54, 1.807) is 19.1 Å². The fraction of sp³-hybridized carbons (Fsp3) is 0.143. The summed E-state index contributed by atoms with van der Waals surface area (Å²) in [6.45, 7) is 1.75. The summed E-state index contributed by atoms with van der Waals surface area (Å²) in [5.41, 5.74) is 0.701.